The Labute approximate surface area is 122 Å². The van der Waals surface area contributed by atoms with Crippen molar-refractivity contribution in [3.63, 3.8) is 0 Å². The van der Waals surface area contributed by atoms with Crippen LogP contribution in [0.25, 0.3) is 0 Å². The summed E-state index contributed by atoms with van der Waals surface area (Å²) in [4.78, 5) is 35.3. The molecule has 1 heterocycles. The van der Waals surface area contributed by atoms with E-state index in [1.165, 1.54) is 7.11 Å². The Balaban J connectivity index is 2.30. The lowest BCUT2D eigenvalue weighted by atomic mass is 10.2. The fraction of sp³-hybridized carbons (Fsp3) is 0.750. The molecule has 0 saturated carbocycles. The fourth-order valence-corrected chi connectivity index (χ4v) is 2.04. The minimum Gasteiger partial charge on any atom is -0.480 e. The van der Waals surface area contributed by atoms with Crippen molar-refractivity contribution in [2.45, 2.75) is 25.0 Å². The molecule has 0 radical (unpaired) electrons. The maximum Gasteiger partial charge on any atom is 0.326 e. The number of β-amino-alcohol motifs (C(OH)–C–C–N with tert-alkyl or cyclic N) is 1. The van der Waals surface area contributed by atoms with E-state index < -0.39 is 24.1 Å². The number of rotatable bonds is 7. The van der Waals surface area contributed by atoms with Gasteiger partial charge in [0, 0.05) is 39.6 Å². The van der Waals surface area contributed by atoms with Crippen LogP contribution in [-0.4, -0.2) is 78.5 Å². The molecule has 0 aromatic heterocycles. The highest BCUT2D eigenvalue weighted by atomic mass is 16.5. The average Bonchev–Trinajstić information content (AvgIpc) is 2.81. The molecular formula is C12H21N3O6. The topological polar surface area (TPSA) is 128 Å². The highest BCUT2D eigenvalue weighted by molar-refractivity contribution is 5.84. The van der Waals surface area contributed by atoms with Crippen LogP contribution in [0.1, 0.15) is 12.8 Å². The van der Waals surface area contributed by atoms with Crippen LogP contribution >= 0.6 is 0 Å². The molecule has 1 rings (SSSR count). The molecule has 120 valence electrons. The summed E-state index contributed by atoms with van der Waals surface area (Å²) >= 11 is 0. The molecule has 1 fully saturated rings. The molecule has 0 aromatic rings. The first-order valence-electron chi connectivity index (χ1n) is 6.66. The number of aliphatic hydroxyl groups is 1. The third-order valence-corrected chi connectivity index (χ3v) is 3.08. The number of aliphatic carboxylic acids is 1. The van der Waals surface area contributed by atoms with Gasteiger partial charge in [0.2, 0.25) is 5.91 Å². The van der Waals surface area contributed by atoms with Crippen molar-refractivity contribution in [3.8, 4) is 0 Å². The summed E-state index contributed by atoms with van der Waals surface area (Å²) in [6.07, 6.45) is -0.738. The molecule has 3 amide bonds. The van der Waals surface area contributed by atoms with Gasteiger partial charge in [-0.25, -0.2) is 9.59 Å². The van der Waals surface area contributed by atoms with Crippen molar-refractivity contribution in [1.29, 1.82) is 0 Å². The van der Waals surface area contributed by atoms with E-state index in [9.17, 15) is 19.5 Å². The van der Waals surface area contributed by atoms with Gasteiger partial charge in [0.05, 0.1) is 12.7 Å². The van der Waals surface area contributed by atoms with E-state index in [2.05, 4.69) is 10.6 Å². The van der Waals surface area contributed by atoms with Crippen LogP contribution in [0.2, 0.25) is 0 Å². The van der Waals surface area contributed by atoms with Gasteiger partial charge in [0.15, 0.2) is 0 Å². The van der Waals surface area contributed by atoms with Crippen molar-refractivity contribution >= 4 is 17.9 Å². The highest BCUT2D eigenvalue weighted by Crippen LogP contribution is 2.17. The van der Waals surface area contributed by atoms with Crippen molar-refractivity contribution in [2.24, 2.45) is 0 Å². The Bertz CT molecular complexity index is 389. The minimum atomic E-state index is -1.15. The molecule has 0 bridgehead atoms. The third-order valence-electron chi connectivity index (χ3n) is 3.08. The third kappa shape index (κ3) is 5.56. The monoisotopic (exact) mass is 303 g/mol. The summed E-state index contributed by atoms with van der Waals surface area (Å²) in [5.74, 6) is -1.39. The maximum absolute atomic E-state index is 11.8. The van der Waals surface area contributed by atoms with Gasteiger partial charge in [-0.3, -0.25) is 4.79 Å². The quantitative estimate of drug-likeness (QED) is 0.418. The first-order chi connectivity index (χ1) is 9.95. The van der Waals surface area contributed by atoms with E-state index in [-0.39, 0.29) is 31.8 Å². The first kappa shape index (κ1) is 17.2. The Morgan fingerprint density at radius 3 is 2.62 bits per heavy atom. The number of likely N-dealkylation sites (tertiary alicyclic amines) is 1. The van der Waals surface area contributed by atoms with Gasteiger partial charge >= 0.3 is 12.0 Å². The van der Waals surface area contributed by atoms with Crippen molar-refractivity contribution in [3.05, 3.63) is 0 Å². The second-order valence-corrected chi connectivity index (χ2v) is 4.72. The fourth-order valence-electron chi connectivity index (χ4n) is 2.04. The smallest absolute Gasteiger partial charge is 0.326 e. The number of carboxylic acid groups (broad SMARTS) is 1. The Hall–Kier alpha value is -1.87. The number of carbonyl (C=O) groups excluding carboxylic acids is 2. The zero-order chi connectivity index (χ0) is 15.8. The zero-order valence-corrected chi connectivity index (χ0v) is 11.9. The van der Waals surface area contributed by atoms with Crippen LogP contribution in [0.3, 0.4) is 0 Å². The molecule has 0 aromatic carbocycles. The van der Waals surface area contributed by atoms with Crippen molar-refractivity contribution in [1.82, 2.24) is 15.5 Å². The van der Waals surface area contributed by atoms with Crippen molar-refractivity contribution < 1.29 is 29.3 Å². The minimum absolute atomic E-state index is 0.0141. The molecule has 0 spiro atoms. The van der Waals surface area contributed by atoms with Crippen LogP contribution < -0.4 is 10.6 Å². The number of hydrogen-bond acceptors (Lipinski definition) is 5. The van der Waals surface area contributed by atoms with Gasteiger partial charge in [-0.2, -0.15) is 0 Å². The SMILES string of the molecule is COCCNC(=O)CCNC(=O)N1CC(O)C[C@H]1C(=O)O. The van der Waals surface area contributed by atoms with Crippen LogP contribution in [0, 0.1) is 0 Å². The van der Waals surface area contributed by atoms with Gasteiger partial charge in [0.25, 0.3) is 0 Å². The second kappa shape index (κ2) is 8.42. The van der Waals surface area contributed by atoms with Gasteiger partial charge < -0.3 is 30.5 Å². The standard InChI is InChI=1S/C12H21N3O6/c1-21-5-4-13-10(17)2-3-14-12(20)15-7-8(16)6-9(15)11(18)19/h8-9,16H,2-7H2,1H3,(H,13,17)(H,14,20)(H,18,19)/t8?,9-/m0/s1. The van der Waals surface area contributed by atoms with Crippen molar-refractivity contribution in [2.75, 3.05) is 33.4 Å². The lowest BCUT2D eigenvalue weighted by Crippen LogP contribution is -2.46. The normalized spacial score (nSPS) is 21.1. The number of hydrogen-bond donors (Lipinski definition) is 4. The lowest BCUT2D eigenvalue weighted by molar-refractivity contribution is -0.141. The molecule has 1 aliphatic rings. The van der Waals surface area contributed by atoms with E-state index in [1.807, 2.05) is 0 Å². The molecule has 1 unspecified atom stereocenters. The van der Waals surface area contributed by atoms with Gasteiger partial charge in [-0.15, -0.1) is 0 Å². The molecule has 4 N–H and O–H groups in total. The number of nitrogens with one attached hydrogen (secondary N) is 2. The molecule has 9 nitrogen and oxygen atoms in total. The van der Waals surface area contributed by atoms with E-state index in [4.69, 9.17) is 9.84 Å². The summed E-state index contributed by atoms with van der Waals surface area (Å²) in [5, 5.41) is 23.5. The molecule has 2 atom stereocenters. The lowest BCUT2D eigenvalue weighted by Gasteiger charge is -2.21. The Kier molecular flexibility index (Phi) is 6.89. The summed E-state index contributed by atoms with van der Waals surface area (Å²) < 4.78 is 4.78. The van der Waals surface area contributed by atoms with E-state index in [0.717, 1.165) is 4.90 Å². The number of carbonyl (C=O) groups is 3. The van der Waals surface area contributed by atoms with Crippen LogP contribution in [0.4, 0.5) is 4.79 Å². The summed E-state index contributed by atoms with van der Waals surface area (Å²) in [6, 6.07) is -1.63. The second-order valence-electron chi connectivity index (χ2n) is 4.72. The zero-order valence-electron chi connectivity index (χ0n) is 11.9. The summed E-state index contributed by atoms with van der Waals surface area (Å²) in [7, 11) is 1.52. The average molecular weight is 303 g/mol. The molecule has 9 heteroatoms. The number of methoxy groups -OCH3 is 1. The Morgan fingerprint density at radius 1 is 1.29 bits per heavy atom. The van der Waals surface area contributed by atoms with Crippen LogP contribution in [0.15, 0.2) is 0 Å². The maximum atomic E-state index is 11.8. The number of carboxylic acids is 1. The van der Waals surface area contributed by atoms with Gasteiger partial charge in [-0.05, 0) is 0 Å². The van der Waals surface area contributed by atoms with E-state index in [0.29, 0.717) is 13.2 Å². The predicted octanol–water partition coefficient (Wildman–Crippen LogP) is -1.63. The van der Waals surface area contributed by atoms with E-state index >= 15 is 0 Å². The van der Waals surface area contributed by atoms with Crippen LogP contribution in [0.5, 0.6) is 0 Å². The number of nitrogens with zero attached hydrogens (tertiary/aromatic N) is 1. The number of amides is 3. The molecule has 0 aliphatic carbocycles. The van der Waals surface area contributed by atoms with E-state index in [1.54, 1.807) is 0 Å². The summed E-state index contributed by atoms with van der Waals surface area (Å²) in [6.45, 7) is 0.867. The number of aliphatic hydroxyl groups excluding tert-OH is 1. The first-order valence-corrected chi connectivity index (χ1v) is 6.66. The number of ether oxygens (including phenoxy) is 1. The Morgan fingerprint density at radius 2 is 2.00 bits per heavy atom. The molecule has 1 saturated heterocycles. The van der Waals surface area contributed by atoms with Gasteiger partial charge in [-0.1, -0.05) is 0 Å². The van der Waals surface area contributed by atoms with Crippen LogP contribution in [-0.2, 0) is 14.3 Å². The number of urea groups is 1. The molecular weight excluding hydrogens is 282 g/mol. The molecule has 21 heavy (non-hydrogen) atoms. The predicted molar refractivity (Wildman–Crippen MR) is 71.7 cm³/mol. The summed E-state index contributed by atoms with van der Waals surface area (Å²) in [5.41, 5.74) is 0. The van der Waals surface area contributed by atoms with Gasteiger partial charge in [0.1, 0.15) is 6.04 Å². The highest BCUT2D eigenvalue weighted by Gasteiger charge is 2.38. The largest absolute Gasteiger partial charge is 0.480 e. The molecule has 1 aliphatic heterocycles.